The Kier molecular flexibility index (Phi) is 2.65. The fraction of sp³-hybridized carbons (Fsp3) is 0.111. The van der Waals surface area contributed by atoms with Crippen molar-refractivity contribution in [1.82, 2.24) is 0 Å². The van der Waals surface area contributed by atoms with Gasteiger partial charge in [-0.15, -0.1) is 6.42 Å². The molecule has 3 heteroatoms. The van der Waals surface area contributed by atoms with Gasteiger partial charge in [-0.25, -0.2) is 8.78 Å². The van der Waals surface area contributed by atoms with Crippen LogP contribution in [-0.4, -0.2) is 6.61 Å². The molecule has 0 bridgehead atoms. The third-order valence-electron chi connectivity index (χ3n) is 1.14. The summed E-state index contributed by atoms with van der Waals surface area (Å²) in [5.41, 5.74) is 0. The minimum Gasteiger partial charge on any atom is -0.478 e. The second-order valence-corrected chi connectivity index (χ2v) is 1.98. The van der Waals surface area contributed by atoms with Crippen LogP contribution in [0, 0.1) is 30.0 Å². The van der Waals surface area contributed by atoms with Crippen molar-refractivity contribution in [3.63, 3.8) is 0 Å². The normalized spacial score (nSPS) is 9.08. The van der Waals surface area contributed by atoms with Crippen LogP contribution in [0.1, 0.15) is 0 Å². The highest BCUT2D eigenvalue weighted by Gasteiger charge is 2.03. The van der Waals surface area contributed by atoms with E-state index in [0.717, 1.165) is 6.07 Å². The molecule has 0 aliphatic heterocycles. The molecule has 1 aromatic rings. The molecule has 61 valence electrons. The summed E-state index contributed by atoms with van der Waals surface area (Å²) in [7, 11) is 0. The van der Waals surface area contributed by atoms with E-state index in [4.69, 9.17) is 11.2 Å². The summed E-state index contributed by atoms with van der Waals surface area (Å²) in [5.74, 6) is 0.439. The fourth-order valence-electron chi connectivity index (χ4n) is 0.661. The maximum absolute atomic E-state index is 12.7. The molecule has 12 heavy (non-hydrogen) atoms. The lowest BCUT2D eigenvalue weighted by atomic mass is 10.3. The van der Waals surface area contributed by atoms with E-state index in [2.05, 4.69) is 5.92 Å². The molecule has 0 aliphatic rings. The maximum Gasteiger partial charge on any atom is 0.176 e. The van der Waals surface area contributed by atoms with Gasteiger partial charge in [-0.1, -0.05) is 5.92 Å². The summed E-state index contributed by atoms with van der Waals surface area (Å²) in [6.07, 6.45) is 4.87. The van der Waals surface area contributed by atoms with Gasteiger partial charge >= 0.3 is 0 Å². The number of terminal acetylenes is 1. The van der Waals surface area contributed by atoms with Crippen molar-refractivity contribution < 1.29 is 13.5 Å². The highest BCUT2D eigenvalue weighted by molar-refractivity contribution is 5.24. The van der Waals surface area contributed by atoms with E-state index in [1.807, 2.05) is 6.07 Å². The summed E-state index contributed by atoms with van der Waals surface area (Å²) >= 11 is 0. The average Bonchev–Trinajstić information content (AvgIpc) is 2.03. The van der Waals surface area contributed by atoms with Crippen molar-refractivity contribution >= 4 is 0 Å². The third-order valence-corrected chi connectivity index (χ3v) is 1.14. The Hall–Kier alpha value is -1.56. The fourth-order valence-corrected chi connectivity index (χ4v) is 0.661. The van der Waals surface area contributed by atoms with Crippen molar-refractivity contribution in [2.45, 2.75) is 0 Å². The zero-order valence-electron chi connectivity index (χ0n) is 6.10. The molecule has 0 atom stereocenters. The first-order valence-electron chi connectivity index (χ1n) is 3.17. The topological polar surface area (TPSA) is 9.23 Å². The number of halogens is 2. The zero-order chi connectivity index (χ0) is 8.97. The van der Waals surface area contributed by atoms with Gasteiger partial charge in [0.1, 0.15) is 12.4 Å². The molecule has 1 aromatic carbocycles. The Morgan fingerprint density at radius 1 is 1.50 bits per heavy atom. The molecule has 0 saturated heterocycles. The molecule has 0 aromatic heterocycles. The molecule has 1 rings (SSSR count). The summed E-state index contributed by atoms with van der Waals surface area (Å²) < 4.78 is 29.7. The van der Waals surface area contributed by atoms with Gasteiger partial charge in [-0.05, 0) is 12.1 Å². The summed E-state index contributed by atoms with van der Waals surface area (Å²) in [4.78, 5) is 0. The second-order valence-electron chi connectivity index (χ2n) is 1.98. The van der Waals surface area contributed by atoms with Crippen molar-refractivity contribution in [2.24, 2.45) is 0 Å². The van der Waals surface area contributed by atoms with Crippen molar-refractivity contribution in [3.8, 4) is 18.1 Å². The number of ether oxygens (including phenoxy) is 1. The zero-order valence-corrected chi connectivity index (χ0v) is 6.10. The molecule has 0 aliphatic carbocycles. The first kappa shape index (κ1) is 8.54. The highest BCUT2D eigenvalue weighted by atomic mass is 19.1. The lowest BCUT2D eigenvalue weighted by Crippen LogP contribution is -1.96. The van der Waals surface area contributed by atoms with E-state index >= 15 is 0 Å². The van der Waals surface area contributed by atoms with Gasteiger partial charge in [0.25, 0.3) is 0 Å². The van der Waals surface area contributed by atoms with Crippen molar-refractivity contribution in [2.75, 3.05) is 6.61 Å². The predicted octanol–water partition coefficient (Wildman–Crippen LogP) is 1.78. The van der Waals surface area contributed by atoms with Crippen LogP contribution in [0.5, 0.6) is 5.75 Å². The highest BCUT2D eigenvalue weighted by Crippen LogP contribution is 2.16. The van der Waals surface area contributed by atoms with E-state index in [0.29, 0.717) is 0 Å². The molecule has 0 spiro atoms. The van der Waals surface area contributed by atoms with Crippen LogP contribution in [-0.2, 0) is 0 Å². The van der Waals surface area contributed by atoms with Gasteiger partial charge in [0.15, 0.2) is 11.6 Å². The van der Waals surface area contributed by atoms with E-state index in [9.17, 15) is 8.78 Å². The Morgan fingerprint density at radius 2 is 2.25 bits per heavy atom. The van der Waals surface area contributed by atoms with E-state index in [1.54, 1.807) is 0 Å². The lowest BCUT2D eigenvalue weighted by Gasteiger charge is -2.01. The third kappa shape index (κ3) is 1.96. The van der Waals surface area contributed by atoms with Crippen molar-refractivity contribution in [1.29, 1.82) is 0 Å². The van der Waals surface area contributed by atoms with Crippen LogP contribution in [0.4, 0.5) is 8.78 Å². The summed E-state index contributed by atoms with van der Waals surface area (Å²) in [6.45, 7) is -0.0452. The van der Waals surface area contributed by atoms with Gasteiger partial charge in [-0.2, -0.15) is 0 Å². The van der Waals surface area contributed by atoms with Gasteiger partial charge in [0, 0.05) is 0 Å². The number of benzene rings is 1. The molecule has 1 nitrogen and oxygen atoms in total. The number of rotatable bonds is 2. The standard InChI is InChI=1S/C9H5F2O/c1-2-5-12-9-4-3-7(10)6-8(9)11/h1,3-4H,5H2. The van der Waals surface area contributed by atoms with Crippen LogP contribution < -0.4 is 4.74 Å². The Morgan fingerprint density at radius 3 is 2.83 bits per heavy atom. The van der Waals surface area contributed by atoms with Crippen LogP contribution in [0.3, 0.4) is 0 Å². The molecule has 0 unspecified atom stereocenters. The van der Waals surface area contributed by atoms with Crippen LogP contribution in [0.2, 0.25) is 0 Å². The first-order valence-corrected chi connectivity index (χ1v) is 3.17. The molecule has 0 heterocycles. The SMILES string of the molecule is C#CCOc1ccc(F)[c]c1F. The lowest BCUT2D eigenvalue weighted by molar-refractivity contribution is 0.346. The van der Waals surface area contributed by atoms with Crippen molar-refractivity contribution in [3.05, 3.63) is 29.8 Å². The Bertz CT molecular complexity index is 315. The summed E-state index contributed by atoms with van der Waals surface area (Å²) in [6, 6.07) is 4.04. The molecular weight excluding hydrogens is 162 g/mol. The Balaban J connectivity index is 2.81. The van der Waals surface area contributed by atoms with Crippen LogP contribution in [0.15, 0.2) is 12.1 Å². The number of hydrogen-bond donors (Lipinski definition) is 0. The van der Waals surface area contributed by atoms with Gasteiger partial charge in [0.05, 0.1) is 6.07 Å². The second kappa shape index (κ2) is 3.72. The van der Waals surface area contributed by atoms with Gasteiger partial charge in [0.2, 0.25) is 0 Å². The maximum atomic E-state index is 12.7. The first-order chi connectivity index (χ1) is 5.74. The average molecular weight is 167 g/mol. The predicted molar refractivity (Wildman–Crippen MR) is 39.5 cm³/mol. The Labute approximate surface area is 69.0 Å². The molecule has 0 saturated carbocycles. The van der Waals surface area contributed by atoms with Gasteiger partial charge < -0.3 is 4.74 Å². The summed E-state index contributed by atoms with van der Waals surface area (Å²) in [5, 5.41) is 0. The largest absolute Gasteiger partial charge is 0.478 e. The minimum absolute atomic E-state index is 0.0452. The minimum atomic E-state index is -0.870. The molecular formula is C9H5F2O. The van der Waals surface area contributed by atoms with E-state index in [-0.39, 0.29) is 12.4 Å². The quantitative estimate of drug-likeness (QED) is 0.610. The molecule has 0 fully saturated rings. The molecule has 0 amide bonds. The van der Waals surface area contributed by atoms with E-state index in [1.165, 1.54) is 6.07 Å². The number of hydrogen-bond acceptors (Lipinski definition) is 1. The van der Waals surface area contributed by atoms with E-state index < -0.39 is 11.6 Å². The van der Waals surface area contributed by atoms with Gasteiger partial charge in [-0.3, -0.25) is 0 Å². The van der Waals surface area contributed by atoms with Crippen LogP contribution in [0.25, 0.3) is 0 Å². The smallest absolute Gasteiger partial charge is 0.176 e. The molecule has 0 N–H and O–H groups in total. The van der Waals surface area contributed by atoms with Crippen LogP contribution >= 0.6 is 0 Å². The monoisotopic (exact) mass is 167 g/mol. The molecule has 1 radical (unpaired) electrons.